The lowest BCUT2D eigenvalue weighted by atomic mass is 10.0. The number of hydrogen-bond donors (Lipinski definition) is 0. The van der Waals surface area contributed by atoms with E-state index in [1.807, 2.05) is 0 Å². The first-order valence-electron chi connectivity index (χ1n) is 5.92. The molecule has 0 amide bonds. The molecule has 0 spiro atoms. The highest BCUT2D eigenvalue weighted by Crippen LogP contribution is 2.42. The quantitative estimate of drug-likeness (QED) is 0.380. The topological polar surface area (TPSA) is 0 Å². The average molecular weight is 364 g/mol. The molecule has 0 fully saturated rings. The first kappa shape index (κ1) is 21.7. The Morgan fingerprint density at radius 2 is 1.26 bits per heavy atom. The molecule has 0 aliphatic rings. The molecule has 0 radical (unpaired) electrons. The van der Waals surface area contributed by atoms with Gasteiger partial charge in [0, 0.05) is 6.42 Å². The predicted molar refractivity (Wildman–Crippen MR) is 58.8 cm³/mol. The van der Waals surface area contributed by atoms with Crippen LogP contribution in [0.2, 0.25) is 0 Å². The van der Waals surface area contributed by atoms with E-state index in [1.165, 1.54) is 0 Å². The summed E-state index contributed by atoms with van der Waals surface area (Å²) in [5, 5.41) is 0. The van der Waals surface area contributed by atoms with E-state index in [4.69, 9.17) is 0 Å². The van der Waals surface area contributed by atoms with E-state index < -0.39 is 60.1 Å². The van der Waals surface area contributed by atoms with E-state index in [1.54, 1.807) is 0 Å². The van der Waals surface area contributed by atoms with Crippen molar-refractivity contribution in [3.05, 3.63) is 23.3 Å². The fourth-order valence-corrected chi connectivity index (χ4v) is 1.33. The van der Waals surface area contributed by atoms with Gasteiger partial charge in [0.2, 0.25) is 0 Å². The summed E-state index contributed by atoms with van der Waals surface area (Å²) >= 11 is 0. The van der Waals surface area contributed by atoms with Gasteiger partial charge in [-0.25, -0.2) is 17.6 Å². The Bertz CT molecular complexity index is 476. The van der Waals surface area contributed by atoms with Crippen LogP contribution < -0.4 is 0 Å². The Balaban J connectivity index is 6.05. The molecule has 0 saturated heterocycles. The second kappa shape index (κ2) is 6.68. The van der Waals surface area contributed by atoms with Crippen molar-refractivity contribution in [3.8, 4) is 0 Å². The molecule has 0 aliphatic heterocycles. The van der Waals surface area contributed by atoms with Gasteiger partial charge in [0.1, 0.15) is 0 Å². The molecule has 0 rings (SSSR count). The highest BCUT2D eigenvalue weighted by atomic mass is 19.4. The predicted octanol–water partition coefficient (Wildman–Crippen LogP) is 6.35. The normalized spacial score (nSPS) is 16.5. The second-order valence-corrected chi connectivity index (χ2v) is 4.73. The first-order chi connectivity index (χ1) is 9.94. The largest absolute Gasteiger partial charge is 0.419 e. The lowest BCUT2D eigenvalue weighted by Gasteiger charge is -2.20. The van der Waals surface area contributed by atoms with Crippen molar-refractivity contribution >= 4 is 0 Å². The maximum absolute atomic E-state index is 13.2. The number of rotatable bonds is 6. The number of alkyl halides is 9. The summed E-state index contributed by atoms with van der Waals surface area (Å²) in [4.78, 5) is 0. The number of halogens is 11. The molecule has 11 heteroatoms. The van der Waals surface area contributed by atoms with Gasteiger partial charge in [-0.3, -0.25) is 0 Å². The van der Waals surface area contributed by atoms with Gasteiger partial charge < -0.3 is 0 Å². The summed E-state index contributed by atoms with van der Waals surface area (Å²) in [5.74, 6) is -20.2. The monoisotopic (exact) mass is 364 g/mol. The average Bonchev–Trinajstić information content (AvgIpc) is 2.30. The molecule has 0 aliphatic carbocycles. The fraction of sp³-hybridized carbons (Fsp3) is 0.667. The molecule has 0 aromatic carbocycles. The van der Waals surface area contributed by atoms with Crippen molar-refractivity contribution in [2.24, 2.45) is 0 Å². The summed E-state index contributed by atoms with van der Waals surface area (Å²) < 4.78 is 141. The van der Waals surface area contributed by atoms with Gasteiger partial charge in [-0.05, 0) is 13.0 Å². The molecule has 0 aromatic heterocycles. The first-order valence-corrected chi connectivity index (χ1v) is 5.92. The van der Waals surface area contributed by atoms with Crippen LogP contribution in [-0.2, 0) is 0 Å². The SMILES string of the molecule is CCC(F)(F)/C(F)=C(/C=C(\F)C(F)(F)CC(C)(F)F)C(F)(F)F. The van der Waals surface area contributed by atoms with E-state index in [9.17, 15) is 48.3 Å². The van der Waals surface area contributed by atoms with Crippen molar-refractivity contribution in [1.82, 2.24) is 0 Å². The van der Waals surface area contributed by atoms with Crippen molar-refractivity contribution in [3.63, 3.8) is 0 Å². The zero-order valence-electron chi connectivity index (χ0n) is 11.6. The number of hydrogen-bond acceptors (Lipinski definition) is 0. The van der Waals surface area contributed by atoms with Crippen LogP contribution in [0.25, 0.3) is 0 Å². The molecule has 0 N–H and O–H groups in total. The van der Waals surface area contributed by atoms with Gasteiger partial charge in [-0.2, -0.15) is 30.7 Å². The second-order valence-electron chi connectivity index (χ2n) is 4.73. The van der Waals surface area contributed by atoms with Crippen LogP contribution in [0.1, 0.15) is 26.7 Å². The molecule has 0 unspecified atom stereocenters. The smallest absolute Gasteiger partial charge is 0.207 e. The Kier molecular flexibility index (Phi) is 6.30. The Morgan fingerprint density at radius 3 is 1.57 bits per heavy atom. The van der Waals surface area contributed by atoms with Gasteiger partial charge in [0.05, 0.1) is 12.0 Å². The fourth-order valence-electron chi connectivity index (χ4n) is 1.33. The van der Waals surface area contributed by atoms with Crippen LogP contribution in [-0.4, -0.2) is 23.9 Å². The lowest BCUT2D eigenvalue weighted by molar-refractivity contribution is -0.0982. The summed E-state index contributed by atoms with van der Waals surface area (Å²) in [5.41, 5.74) is -3.00. The molecule has 136 valence electrons. The molecule has 0 saturated carbocycles. The third-order valence-corrected chi connectivity index (χ3v) is 2.46. The summed E-state index contributed by atoms with van der Waals surface area (Å²) in [6, 6.07) is 0. The van der Waals surface area contributed by atoms with Crippen molar-refractivity contribution < 1.29 is 48.3 Å². The maximum atomic E-state index is 13.2. The van der Waals surface area contributed by atoms with E-state index in [0.717, 1.165) is 0 Å². The van der Waals surface area contributed by atoms with Crippen molar-refractivity contribution in [1.29, 1.82) is 0 Å². The zero-order chi connectivity index (χ0) is 18.9. The Morgan fingerprint density at radius 1 is 0.826 bits per heavy atom. The lowest BCUT2D eigenvalue weighted by Crippen LogP contribution is -2.28. The Hall–Kier alpha value is -1.29. The number of allylic oxidation sites excluding steroid dienone is 4. The van der Waals surface area contributed by atoms with Gasteiger partial charge in [-0.1, -0.05) is 6.92 Å². The van der Waals surface area contributed by atoms with Gasteiger partial charge in [-0.15, -0.1) is 0 Å². The summed E-state index contributed by atoms with van der Waals surface area (Å²) in [6.45, 7) is 0.542. The highest BCUT2D eigenvalue weighted by Gasteiger charge is 2.48. The van der Waals surface area contributed by atoms with Gasteiger partial charge in [0.15, 0.2) is 11.7 Å². The van der Waals surface area contributed by atoms with Gasteiger partial charge >= 0.3 is 12.1 Å². The molecular formula is C12H11F11. The molecule has 0 nitrogen and oxygen atoms in total. The summed E-state index contributed by atoms with van der Waals surface area (Å²) in [7, 11) is 0. The standard InChI is InChI=1S/C12H11F11/c1-3-10(17,18)8(14)6(12(21,22)23)4-7(13)11(19,20)5-9(2,15)16/h4H,3,5H2,1-2H3/b7-4-,8-6+. The van der Waals surface area contributed by atoms with Crippen molar-refractivity contribution in [2.45, 2.75) is 50.6 Å². The van der Waals surface area contributed by atoms with E-state index in [0.29, 0.717) is 6.92 Å². The van der Waals surface area contributed by atoms with Crippen LogP contribution in [0.5, 0.6) is 0 Å². The molecule has 0 bridgehead atoms. The molecular weight excluding hydrogens is 353 g/mol. The minimum atomic E-state index is -5.94. The molecule has 23 heavy (non-hydrogen) atoms. The third-order valence-electron chi connectivity index (χ3n) is 2.46. The molecule has 0 atom stereocenters. The van der Waals surface area contributed by atoms with Gasteiger partial charge in [0.25, 0.3) is 11.8 Å². The van der Waals surface area contributed by atoms with E-state index >= 15 is 0 Å². The summed E-state index contributed by atoms with van der Waals surface area (Å²) in [6.07, 6.45) is -11.1. The van der Waals surface area contributed by atoms with Crippen LogP contribution in [0.4, 0.5) is 48.3 Å². The highest BCUT2D eigenvalue weighted by molar-refractivity contribution is 5.33. The van der Waals surface area contributed by atoms with E-state index in [2.05, 4.69) is 0 Å². The Labute approximate surface area is 123 Å². The van der Waals surface area contributed by atoms with Crippen LogP contribution >= 0.6 is 0 Å². The van der Waals surface area contributed by atoms with Crippen LogP contribution in [0, 0.1) is 0 Å². The van der Waals surface area contributed by atoms with E-state index in [-0.39, 0.29) is 6.92 Å². The third kappa shape index (κ3) is 6.38. The molecule has 0 heterocycles. The minimum absolute atomic E-state index is 0.0550. The van der Waals surface area contributed by atoms with Crippen molar-refractivity contribution in [2.75, 3.05) is 0 Å². The molecule has 0 aromatic rings. The zero-order valence-corrected chi connectivity index (χ0v) is 11.6. The van der Waals surface area contributed by atoms with Crippen LogP contribution in [0.15, 0.2) is 23.3 Å². The minimum Gasteiger partial charge on any atom is -0.207 e. The van der Waals surface area contributed by atoms with Crippen LogP contribution in [0.3, 0.4) is 0 Å². The maximum Gasteiger partial charge on any atom is 0.419 e.